The van der Waals surface area contributed by atoms with Crippen molar-refractivity contribution in [2.75, 3.05) is 0 Å². The molecule has 2 aromatic heterocycles. The molecule has 7 heteroatoms. The van der Waals surface area contributed by atoms with Crippen LogP contribution in [0.1, 0.15) is 34.0 Å². The minimum atomic E-state index is -0.0446. The Kier molecular flexibility index (Phi) is 4.13. The van der Waals surface area contributed by atoms with Gasteiger partial charge >= 0.3 is 0 Å². The fraction of sp³-hybridized carbons (Fsp3) is 0.267. The number of nitrogens with zero attached hydrogens (tertiary/aromatic N) is 3. The highest BCUT2D eigenvalue weighted by molar-refractivity contribution is 7.16. The molecule has 0 saturated heterocycles. The summed E-state index contributed by atoms with van der Waals surface area (Å²) in [4.78, 5) is 5.75. The van der Waals surface area contributed by atoms with Gasteiger partial charge in [-0.05, 0) is 37.1 Å². The highest BCUT2D eigenvalue weighted by Gasteiger charge is 2.28. The average molecular weight is 334 g/mol. The second-order valence-electron chi connectivity index (χ2n) is 5.27. The van der Waals surface area contributed by atoms with Crippen LogP contribution in [0, 0.1) is 6.92 Å². The van der Waals surface area contributed by atoms with E-state index in [9.17, 15) is 0 Å². The molecule has 22 heavy (non-hydrogen) atoms. The molecule has 2 heterocycles. The van der Waals surface area contributed by atoms with Crippen LogP contribution in [0.5, 0.6) is 0 Å². The Morgan fingerprint density at radius 3 is 2.82 bits per heavy atom. The van der Waals surface area contributed by atoms with Crippen LogP contribution in [0.2, 0.25) is 4.34 Å². The predicted octanol–water partition coefficient (Wildman–Crippen LogP) is 2.81. The molecule has 1 aliphatic carbocycles. The lowest BCUT2D eigenvalue weighted by atomic mass is 9.83. The highest BCUT2D eigenvalue weighted by Crippen LogP contribution is 2.37. The van der Waals surface area contributed by atoms with E-state index >= 15 is 0 Å². The Morgan fingerprint density at radius 2 is 2.14 bits per heavy atom. The number of hydrogen-bond acceptors (Lipinski definition) is 4. The van der Waals surface area contributed by atoms with Crippen LogP contribution in [0.3, 0.4) is 0 Å². The lowest BCUT2D eigenvalue weighted by molar-refractivity contribution is 0.689. The molecule has 0 amide bonds. The first-order valence-electron chi connectivity index (χ1n) is 6.90. The minimum Gasteiger partial charge on any atom is -0.369 e. The summed E-state index contributed by atoms with van der Waals surface area (Å²) in [7, 11) is 0. The number of aromatic nitrogens is 1. The van der Waals surface area contributed by atoms with Crippen molar-refractivity contribution in [2.24, 2.45) is 21.7 Å². The number of thiophene rings is 1. The molecular weight excluding hydrogens is 318 g/mol. The van der Waals surface area contributed by atoms with Crippen LogP contribution < -0.4 is 11.5 Å². The Morgan fingerprint density at radius 1 is 1.32 bits per heavy atom. The fourth-order valence-corrected chi connectivity index (χ4v) is 3.92. The Balaban J connectivity index is 2.05. The third-order valence-electron chi connectivity index (χ3n) is 3.69. The SMILES string of the molecule is Cc1ccnc2c1/C(=N/N=C(N)N)CC(c1ccc(Cl)s1)C2. The van der Waals surface area contributed by atoms with E-state index in [-0.39, 0.29) is 5.96 Å². The number of hydrogen-bond donors (Lipinski definition) is 2. The van der Waals surface area contributed by atoms with E-state index in [1.807, 2.05) is 25.3 Å². The zero-order valence-electron chi connectivity index (χ0n) is 12.1. The molecule has 3 rings (SSSR count). The number of rotatable bonds is 2. The normalized spacial score (nSPS) is 19.0. The van der Waals surface area contributed by atoms with Crippen molar-refractivity contribution < 1.29 is 0 Å². The molecule has 0 spiro atoms. The van der Waals surface area contributed by atoms with Gasteiger partial charge in [-0.25, -0.2) is 0 Å². The summed E-state index contributed by atoms with van der Waals surface area (Å²) in [5.41, 5.74) is 14.9. The molecule has 0 radical (unpaired) electrons. The topological polar surface area (TPSA) is 89.6 Å². The van der Waals surface area contributed by atoms with Gasteiger partial charge in [0.1, 0.15) is 0 Å². The van der Waals surface area contributed by atoms with E-state index in [0.717, 1.165) is 39.7 Å². The quantitative estimate of drug-likeness (QED) is 0.503. The van der Waals surface area contributed by atoms with Gasteiger partial charge in [-0.1, -0.05) is 11.6 Å². The number of aryl methyl sites for hydroxylation is 1. The molecule has 0 bridgehead atoms. The van der Waals surface area contributed by atoms with Gasteiger partial charge in [-0.2, -0.15) is 5.10 Å². The summed E-state index contributed by atoms with van der Waals surface area (Å²) in [6.07, 6.45) is 3.47. The van der Waals surface area contributed by atoms with Crippen molar-refractivity contribution in [2.45, 2.75) is 25.7 Å². The van der Waals surface area contributed by atoms with Crippen molar-refractivity contribution in [3.05, 3.63) is 50.4 Å². The second-order valence-corrected chi connectivity index (χ2v) is 7.01. The fourth-order valence-electron chi connectivity index (χ4n) is 2.76. The molecule has 0 fully saturated rings. The monoisotopic (exact) mass is 333 g/mol. The summed E-state index contributed by atoms with van der Waals surface area (Å²) in [6, 6.07) is 5.97. The molecule has 1 unspecified atom stereocenters. The van der Waals surface area contributed by atoms with Crippen molar-refractivity contribution in [3.8, 4) is 0 Å². The maximum absolute atomic E-state index is 6.06. The molecule has 0 saturated carbocycles. The molecule has 1 atom stereocenters. The van der Waals surface area contributed by atoms with Gasteiger partial charge in [0.05, 0.1) is 15.7 Å². The van der Waals surface area contributed by atoms with Crippen molar-refractivity contribution in [1.82, 2.24) is 4.98 Å². The second kappa shape index (κ2) is 6.06. The zero-order chi connectivity index (χ0) is 15.7. The predicted molar refractivity (Wildman–Crippen MR) is 91.7 cm³/mol. The smallest absolute Gasteiger partial charge is 0.211 e. The summed E-state index contributed by atoms with van der Waals surface area (Å²) in [6.45, 7) is 2.05. The first kappa shape index (κ1) is 15.0. The van der Waals surface area contributed by atoms with Crippen LogP contribution in [-0.2, 0) is 6.42 Å². The van der Waals surface area contributed by atoms with Gasteiger partial charge in [-0.15, -0.1) is 16.4 Å². The van der Waals surface area contributed by atoms with E-state index in [4.69, 9.17) is 23.1 Å². The summed E-state index contributed by atoms with van der Waals surface area (Å²) in [5, 5.41) is 8.08. The van der Waals surface area contributed by atoms with Crippen LogP contribution in [0.15, 0.2) is 34.6 Å². The first-order chi connectivity index (χ1) is 10.5. The number of guanidine groups is 1. The summed E-state index contributed by atoms with van der Waals surface area (Å²) < 4.78 is 0.792. The maximum Gasteiger partial charge on any atom is 0.211 e. The van der Waals surface area contributed by atoms with Gasteiger partial charge in [0.15, 0.2) is 0 Å². The molecule has 5 nitrogen and oxygen atoms in total. The number of fused-ring (bicyclic) bond motifs is 1. The van der Waals surface area contributed by atoms with Crippen LogP contribution in [-0.4, -0.2) is 16.7 Å². The first-order valence-corrected chi connectivity index (χ1v) is 8.09. The third-order valence-corrected chi connectivity index (χ3v) is 5.08. The standard InChI is InChI=1S/C15H16ClN5S/c1-8-4-5-19-10-6-9(12-2-3-13(16)22-12)7-11(14(8)10)20-21-15(17)18/h2-5,9H,6-7H2,1H3,(H4,17,18,21)/b20-11+. The molecule has 0 aromatic carbocycles. The van der Waals surface area contributed by atoms with Crippen molar-refractivity contribution in [1.29, 1.82) is 0 Å². The molecule has 114 valence electrons. The van der Waals surface area contributed by atoms with Crippen LogP contribution >= 0.6 is 22.9 Å². The molecule has 2 aromatic rings. The van der Waals surface area contributed by atoms with E-state index < -0.39 is 0 Å². The van der Waals surface area contributed by atoms with Crippen LogP contribution in [0.25, 0.3) is 0 Å². The van der Waals surface area contributed by atoms with E-state index in [1.54, 1.807) is 11.3 Å². The summed E-state index contributed by atoms with van der Waals surface area (Å²) in [5.74, 6) is 0.254. The molecule has 0 aliphatic heterocycles. The van der Waals surface area contributed by atoms with Gasteiger partial charge in [0.25, 0.3) is 0 Å². The number of nitrogens with two attached hydrogens (primary N) is 2. The largest absolute Gasteiger partial charge is 0.369 e. The third kappa shape index (κ3) is 2.98. The Hall–Kier alpha value is -1.92. The van der Waals surface area contributed by atoms with Gasteiger partial charge in [-0.3, -0.25) is 4.98 Å². The Bertz CT molecular complexity index is 761. The van der Waals surface area contributed by atoms with Crippen molar-refractivity contribution >= 4 is 34.6 Å². The average Bonchev–Trinajstić information content (AvgIpc) is 2.91. The van der Waals surface area contributed by atoms with Gasteiger partial charge in [0.2, 0.25) is 5.96 Å². The Labute approximate surface area is 137 Å². The number of pyridine rings is 1. The van der Waals surface area contributed by atoms with E-state index in [0.29, 0.717) is 5.92 Å². The summed E-state index contributed by atoms with van der Waals surface area (Å²) >= 11 is 7.66. The minimum absolute atomic E-state index is 0.0446. The van der Waals surface area contributed by atoms with Crippen LogP contribution in [0.4, 0.5) is 0 Å². The van der Waals surface area contributed by atoms with Gasteiger partial charge in [0, 0.05) is 29.0 Å². The highest BCUT2D eigenvalue weighted by atomic mass is 35.5. The lowest BCUT2D eigenvalue weighted by Crippen LogP contribution is -2.24. The lowest BCUT2D eigenvalue weighted by Gasteiger charge is -2.25. The number of halogens is 1. The maximum atomic E-state index is 6.06. The molecule has 1 aliphatic rings. The van der Waals surface area contributed by atoms with Gasteiger partial charge < -0.3 is 11.5 Å². The zero-order valence-corrected chi connectivity index (χ0v) is 13.7. The van der Waals surface area contributed by atoms with E-state index in [2.05, 4.69) is 21.3 Å². The van der Waals surface area contributed by atoms with Crippen molar-refractivity contribution in [3.63, 3.8) is 0 Å². The molecular formula is C15H16ClN5S. The van der Waals surface area contributed by atoms with E-state index in [1.165, 1.54) is 4.88 Å². The molecule has 4 N–H and O–H groups in total.